The van der Waals surface area contributed by atoms with Crippen molar-refractivity contribution >= 4 is 0 Å². The molecule has 1 saturated carbocycles. The second kappa shape index (κ2) is 5.78. The van der Waals surface area contributed by atoms with E-state index in [9.17, 15) is 5.11 Å². The van der Waals surface area contributed by atoms with E-state index in [0.29, 0.717) is 5.92 Å². The molecule has 2 aromatic carbocycles. The van der Waals surface area contributed by atoms with Crippen LogP contribution in [0.3, 0.4) is 0 Å². The van der Waals surface area contributed by atoms with Crippen LogP contribution in [0.2, 0.25) is 0 Å². The summed E-state index contributed by atoms with van der Waals surface area (Å²) in [6, 6.07) is 19.1. The second-order valence-corrected chi connectivity index (χ2v) is 5.84. The smallest absolute Gasteiger partial charge is 0.0693 e. The molecular weight excluding hydrogens is 246 g/mol. The van der Waals surface area contributed by atoms with E-state index in [1.54, 1.807) is 0 Å². The molecule has 2 aromatic rings. The Balaban J connectivity index is 1.68. The molecule has 2 nitrogen and oxygen atoms in total. The number of aliphatic hydroxyl groups excluding tert-OH is 1. The highest BCUT2D eigenvalue weighted by molar-refractivity contribution is 5.63. The predicted molar refractivity (Wildman–Crippen MR) is 82.3 cm³/mol. The number of nitrogens with two attached hydrogens (primary N) is 1. The van der Waals surface area contributed by atoms with Gasteiger partial charge in [-0.3, -0.25) is 0 Å². The lowest BCUT2D eigenvalue weighted by molar-refractivity contribution is 0.161. The number of rotatable bonds is 3. The zero-order chi connectivity index (χ0) is 13.9. The van der Waals surface area contributed by atoms with Crippen LogP contribution < -0.4 is 5.73 Å². The first kappa shape index (κ1) is 13.3. The standard InChI is InChI=1S/C18H21NO/c19-17-11-14(12-18(17)20)10-13-6-8-16(9-7-13)15-4-2-1-3-5-15/h1-9,14,17-18,20H,10-12,19H2/t14-,17+,18+/m0/s1. The molecule has 0 aliphatic heterocycles. The van der Waals surface area contributed by atoms with Crippen LogP contribution in [0.5, 0.6) is 0 Å². The third kappa shape index (κ3) is 2.92. The molecule has 0 heterocycles. The quantitative estimate of drug-likeness (QED) is 0.898. The first-order chi connectivity index (χ1) is 9.72. The molecule has 1 aliphatic carbocycles. The third-order valence-corrected chi connectivity index (χ3v) is 4.26. The van der Waals surface area contributed by atoms with Crippen molar-refractivity contribution in [3.05, 3.63) is 60.2 Å². The summed E-state index contributed by atoms with van der Waals surface area (Å²) in [5.41, 5.74) is 9.70. The highest BCUT2D eigenvalue weighted by Gasteiger charge is 2.29. The summed E-state index contributed by atoms with van der Waals surface area (Å²) in [7, 11) is 0. The molecule has 0 bridgehead atoms. The fourth-order valence-electron chi connectivity index (χ4n) is 3.12. The average molecular weight is 267 g/mol. The Morgan fingerprint density at radius 3 is 2.15 bits per heavy atom. The maximum Gasteiger partial charge on any atom is 0.0693 e. The Hall–Kier alpha value is -1.64. The summed E-state index contributed by atoms with van der Waals surface area (Å²) in [6.07, 6.45) is 2.46. The number of benzene rings is 2. The topological polar surface area (TPSA) is 46.2 Å². The van der Waals surface area contributed by atoms with Crippen molar-refractivity contribution in [1.29, 1.82) is 0 Å². The van der Waals surface area contributed by atoms with E-state index in [2.05, 4.69) is 48.5 Å². The van der Waals surface area contributed by atoms with E-state index in [1.807, 2.05) is 6.07 Å². The number of hydrogen-bond donors (Lipinski definition) is 2. The van der Waals surface area contributed by atoms with Gasteiger partial charge in [0.1, 0.15) is 0 Å². The third-order valence-electron chi connectivity index (χ3n) is 4.26. The summed E-state index contributed by atoms with van der Waals surface area (Å²) >= 11 is 0. The van der Waals surface area contributed by atoms with Crippen LogP contribution in [0.15, 0.2) is 54.6 Å². The van der Waals surface area contributed by atoms with Crippen LogP contribution in [0.4, 0.5) is 0 Å². The highest BCUT2D eigenvalue weighted by atomic mass is 16.3. The minimum Gasteiger partial charge on any atom is -0.392 e. The fraction of sp³-hybridized carbons (Fsp3) is 0.333. The van der Waals surface area contributed by atoms with Crippen molar-refractivity contribution in [2.45, 2.75) is 31.4 Å². The van der Waals surface area contributed by atoms with Gasteiger partial charge in [-0.05, 0) is 41.9 Å². The van der Waals surface area contributed by atoms with Crippen LogP contribution in [0, 0.1) is 5.92 Å². The Bertz CT molecular complexity index is 539. The molecule has 3 rings (SSSR count). The first-order valence-electron chi connectivity index (χ1n) is 7.30. The molecule has 0 saturated heterocycles. The van der Waals surface area contributed by atoms with Crippen molar-refractivity contribution < 1.29 is 5.11 Å². The normalized spacial score (nSPS) is 25.8. The molecule has 0 spiro atoms. The van der Waals surface area contributed by atoms with E-state index in [-0.39, 0.29) is 12.1 Å². The SMILES string of the molecule is N[C@@H]1C[C@H](Cc2ccc(-c3ccccc3)cc2)C[C@H]1O. The number of hydrogen-bond acceptors (Lipinski definition) is 2. The molecular formula is C18H21NO. The van der Waals surface area contributed by atoms with Crippen molar-refractivity contribution in [3.63, 3.8) is 0 Å². The lowest BCUT2D eigenvalue weighted by atomic mass is 9.96. The molecule has 104 valence electrons. The van der Waals surface area contributed by atoms with Crippen molar-refractivity contribution in [1.82, 2.24) is 0 Å². The minimum atomic E-state index is -0.316. The summed E-state index contributed by atoms with van der Waals surface area (Å²) in [4.78, 5) is 0. The molecule has 20 heavy (non-hydrogen) atoms. The average Bonchev–Trinajstić information content (AvgIpc) is 2.79. The Kier molecular flexibility index (Phi) is 3.86. The maximum atomic E-state index is 9.71. The molecule has 3 atom stereocenters. The summed E-state index contributed by atoms with van der Waals surface area (Å²) in [5, 5.41) is 9.71. The first-order valence-corrected chi connectivity index (χ1v) is 7.30. The van der Waals surface area contributed by atoms with Gasteiger partial charge in [-0.25, -0.2) is 0 Å². The largest absolute Gasteiger partial charge is 0.392 e. The van der Waals surface area contributed by atoms with Gasteiger partial charge in [-0.15, -0.1) is 0 Å². The van der Waals surface area contributed by atoms with Gasteiger partial charge >= 0.3 is 0 Å². The summed E-state index contributed by atoms with van der Waals surface area (Å²) in [6.45, 7) is 0. The molecule has 1 fully saturated rings. The fourth-order valence-corrected chi connectivity index (χ4v) is 3.12. The molecule has 3 N–H and O–H groups in total. The highest BCUT2D eigenvalue weighted by Crippen LogP contribution is 2.28. The van der Waals surface area contributed by atoms with Crippen molar-refractivity contribution in [3.8, 4) is 11.1 Å². The second-order valence-electron chi connectivity index (χ2n) is 5.84. The molecule has 0 amide bonds. The van der Waals surface area contributed by atoms with Crippen molar-refractivity contribution in [2.75, 3.05) is 0 Å². The zero-order valence-corrected chi connectivity index (χ0v) is 11.6. The van der Waals surface area contributed by atoms with Crippen LogP contribution in [0.1, 0.15) is 18.4 Å². The molecule has 1 aliphatic rings. The monoisotopic (exact) mass is 267 g/mol. The van der Waals surface area contributed by atoms with Gasteiger partial charge in [-0.2, -0.15) is 0 Å². The van der Waals surface area contributed by atoms with Gasteiger partial charge in [0.25, 0.3) is 0 Å². The Morgan fingerprint density at radius 2 is 1.55 bits per heavy atom. The predicted octanol–water partition coefficient (Wildman–Crippen LogP) is 2.99. The summed E-state index contributed by atoms with van der Waals surface area (Å²) < 4.78 is 0. The van der Waals surface area contributed by atoms with Crippen LogP contribution >= 0.6 is 0 Å². The molecule has 0 unspecified atom stereocenters. The molecule has 2 heteroatoms. The Morgan fingerprint density at radius 1 is 0.900 bits per heavy atom. The van der Waals surface area contributed by atoms with Gasteiger partial charge in [0.05, 0.1) is 6.10 Å². The van der Waals surface area contributed by atoms with E-state index in [4.69, 9.17) is 5.73 Å². The maximum absolute atomic E-state index is 9.71. The summed E-state index contributed by atoms with van der Waals surface area (Å²) in [5.74, 6) is 0.516. The molecule has 0 radical (unpaired) electrons. The lowest BCUT2D eigenvalue weighted by Crippen LogP contribution is -2.28. The number of aliphatic hydroxyl groups is 1. The van der Waals surface area contributed by atoms with Crippen LogP contribution in [0.25, 0.3) is 11.1 Å². The Labute approximate surface area is 120 Å². The lowest BCUT2D eigenvalue weighted by Gasteiger charge is -2.10. The van der Waals surface area contributed by atoms with E-state index in [1.165, 1.54) is 16.7 Å². The van der Waals surface area contributed by atoms with Gasteiger partial charge in [0.2, 0.25) is 0 Å². The minimum absolute atomic E-state index is 0.0383. The van der Waals surface area contributed by atoms with Gasteiger partial charge < -0.3 is 10.8 Å². The van der Waals surface area contributed by atoms with Crippen LogP contribution in [-0.4, -0.2) is 17.3 Å². The van der Waals surface area contributed by atoms with Crippen LogP contribution in [-0.2, 0) is 6.42 Å². The van der Waals surface area contributed by atoms with Gasteiger partial charge in [0, 0.05) is 6.04 Å². The van der Waals surface area contributed by atoms with E-state index >= 15 is 0 Å². The van der Waals surface area contributed by atoms with Crippen molar-refractivity contribution in [2.24, 2.45) is 11.7 Å². The van der Waals surface area contributed by atoms with E-state index in [0.717, 1.165) is 19.3 Å². The zero-order valence-electron chi connectivity index (χ0n) is 11.6. The molecule has 0 aromatic heterocycles. The van der Waals surface area contributed by atoms with Gasteiger partial charge in [0.15, 0.2) is 0 Å². The van der Waals surface area contributed by atoms with Gasteiger partial charge in [-0.1, -0.05) is 54.6 Å². The van der Waals surface area contributed by atoms with E-state index < -0.39 is 0 Å².